The summed E-state index contributed by atoms with van der Waals surface area (Å²) < 4.78 is 20.3. The Kier molecular flexibility index (Phi) is 10.8. The summed E-state index contributed by atoms with van der Waals surface area (Å²) in [5.74, 6) is 0. The third-order valence-electron chi connectivity index (χ3n) is 2.34. The molecule has 0 rings (SSSR count). The van der Waals surface area contributed by atoms with Gasteiger partial charge < -0.3 is 18.9 Å². The monoisotopic (exact) mass is 232 g/mol. The van der Waals surface area contributed by atoms with Crippen molar-refractivity contribution < 1.29 is 18.9 Å². The van der Waals surface area contributed by atoms with Crippen molar-refractivity contribution in [2.75, 3.05) is 28.4 Å². The molecule has 0 spiro atoms. The fourth-order valence-electron chi connectivity index (χ4n) is 1.37. The molecule has 0 aliphatic heterocycles. The van der Waals surface area contributed by atoms with Crippen LogP contribution in [0, 0.1) is 0 Å². The van der Waals surface area contributed by atoms with Crippen molar-refractivity contribution in [3.8, 4) is 0 Å². The molecule has 0 aliphatic rings. The van der Waals surface area contributed by atoms with Gasteiger partial charge in [0.25, 0.3) is 0 Å². The zero-order valence-corrected chi connectivity index (χ0v) is 10.8. The molecule has 0 aromatic rings. The van der Waals surface area contributed by atoms with Gasteiger partial charge in [-0.05, 0) is 31.8 Å². The molecule has 0 N–H and O–H groups in total. The van der Waals surface area contributed by atoms with E-state index in [1.807, 2.05) is 6.08 Å². The van der Waals surface area contributed by atoms with Crippen LogP contribution in [-0.4, -0.2) is 41.0 Å². The lowest BCUT2D eigenvalue weighted by Gasteiger charge is -2.12. The van der Waals surface area contributed by atoms with E-state index in [2.05, 4.69) is 6.08 Å². The van der Waals surface area contributed by atoms with Gasteiger partial charge in [0.2, 0.25) is 0 Å². The molecule has 16 heavy (non-hydrogen) atoms. The molecule has 4 heteroatoms. The summed E-state index contributed by atoms with van der Waals surface area (Å²) in [4.78, 5) is 0. The fourth-order valence-corrected chi connectivity index (χ4v) is 1.37. The number of hydrogen-bond donors (Lipinski definition) is 0. The van der Waals surface area contributed by atoms with Gasteiger partial charge in [0.15, 0.2) is 12.6 Å². The van der Waals surface area contributed by atoms with Gasteiger partial charge >= 0.3 is 0 Å². The normalized spacial score (nSPS) is 12.1. The highest BCUT2D eigenvalue weighted by atomic mass is 16.7. The molecule has 96 valence electrons. The Hall–Kier alpha value is -0.420. The zero-order valence-electron chi connectivity index (χ0n) is 10.8. The number of ether oxygens (including phenoxy) is 4. The highest BCUT2D eigenvalue weighted by molar-refractivity contribution is 4.84. The number of rotatable bonds is 10. The second-order valence-corrected chi connectivity index (χ2v) is 3.45. The summed E-state index contributed by atoms with van der Waals surface area (Å²) in [5, 5.41) is 0. The fraction of sp³-hybridized carbons (Fsp3) is 0.833. The number of hydrogen-bond acceptors (Lipinski definition) is 4. The van der Waals surface area contributed by atoms with Crippen molar-refractivity contribution >= 4 is 0 Å². The van der Waals surface area contributed by atoms with E-state index in [0.29, 0.717) is 0 Å². The van der Waals surface area contributed by atoms with E-state index >= 15 is 0 Å². The minimum atomic E-state index is -0.231. The van der Waals surface area contributed by atoms with Gasteiger partial charge in [0, 0.05) is 28.4 Å². The van der Waals surface area contributed by atoms with Crippen LogP contribution >= 0.6 is 0 Å². The predicted octanol–water partition coefficient (Wildman–Crippen LogP) is 2.34. The van der Waals surface area contributed by atoms with E-state index in [-0.39, 0.29) is 12.6 Å². The van der Waals surface area contributed by atoms with Gasteiger partial charge in [0.1, 0.15) is 0 Å². The molecule has 0 aromatic carbocycles. The van der Waals surface area contributed by atoms with Gasteiger partial charge in [-0.25, -0.2) is 0 Å². The summed E-state index contributed by atoms with van der Waals surface area (Å²) >= 11 is 0. The third-order valence-corrected chi connectivity index (χ3v) is 2.34. The van der Waals surface area contributed by atoms with E-state index in [4.69, 9.17) is 18.9 Å². The van der Waals surface area contributed by atoms with Crippen LogP contribution in [0.5, 0.6) is 0 Å². The van der Waals surface area contributed by atoms with E-state index < -0.39 is 0 Å². The molecule has 0 saturated carbocycles. The highest BCUT2D eigenvalue weighted by Crippen LogP contribution is 2.07. The van der Waals surface area contributed by atoms with Crippen LogP contribution in [0.4, 0.5) is 0 Å². The topological polar surface area (TPSA) is 36.9 Å². The first-order chi connectivity index (χ1) is 7.78. The van der Waals surface area contributed by atoms with Crippen molar-refractivity contribution in [3.63, 3.8) is 0 Å². The maximum atomic E-state index is 5.10. The molecule has 0 saturated heterocycles. The maximum Gasteiger partial charge on any atom is 0.176 e. The van der Waals surface area contributed by atoms with Crippen LogP contribution in [0.1, 0.15) is 25.7 Å². The largest absolute Gasteiger partial charge is 0.356 e. The maximum absolute atomic E-state index is 5.10. The average molecular weight is 232 g/mol. The summed E-state index contributed by atoms with van der Waals surface area (Å²) in [5.41, 5.74) is 0. The molecule has 0 aliphatic carbocycles. The van der Waals surface area contributed by atoms with Crippen LogP contribution < -0.4 is 0 Å². The van der Waals surface area contributed by atoms with Crippen LogP contribution in [0.25, 0.3) is 0 Å². The van der Waals surface area contributed by atoms with Gasteiger partial charge in [-0.2, -0.15) is 0 Å². The van der Waals surface area contributed by atoms with Gasteiger partial charge in [-0.15, -0.1) is 0 Å². The van der Waals surface area contributed by atoms with Crippen LogP contribution in [-0.2, 0) is 18.9 Å². The van der Waals surface area contributed by atoms with E-state index in [1.54, 1.807) is 28.4 Å². The Labute approximate surface area is 98.5 Å². The van der Waals surface area contributed by atoms with Crippen molar-refractivity contribution in [2.24, 2.45) is 0 Å². The second kappa shape index (κ2) is 11.1. The summed E-state index contributed by atoms with van der Waals surface area (Å²) in [6, 6.07) is 0. The van der Waals surface area contributed by atoms with Crippen LogP contribution in [0.2, 0.25) is 0 Å². The van der Waals surface area contributed by atoms with Crippen molar-refractivity contribution in [1.29, 1.82) is 0 Å². The summed E-state index contributed by atoms with van der Waals surface area (Å²) in [7, 11) is 6.58. The Morgan fingerprint density at radius 1 is 0.875 bits per heavy atom. The van der Waals surface area contributed by atoms with Crippen molar-refractivity contribution in [3.05, 3.63) is 12.2 Å². The van der Waals surface area contributed by atoms with E-state index in [1.165, 1.54) is 0 Å². The molecule has 4 nitrogen and oxygen atoms in total. The Balaban J connectivity index is 3.45. The van der Waals surface area contributed by atoms with E-state index in [0.717, 1.165) is 25.7 Å². The smallest absolute Gasteiger partial charge is 0.176 e. The lowest BCUT2D eigenvalue weighted by Crippen LogP contribution is -2.12. The molecule has 0 unspecified atom stereocenters. The highest BCUT2D eigenvalue weighted by Gasteiger charge is 2.03. The average Bonchev–Trinajstić information content (AvgIpc) is 2.33. The SMILES string of the molecule is COC(/C=C/CCCCC(OC)OC)OC. The number of allylic oxidation sites excluding steroid dienone is 1. The summed E-state index contributed by atoms with van der Waals surface area (Å²) in [6.45, 7) is 0. The second-order valence-electron chi connectivity index (χ2n) is 3.45. The lowest BCUT2D eigenvalue weighted by molar-refractivity contribution is -0.107. The molecule has 0 aromatic heterocycles. The number of methoxy groups -OCH3 is 4. The Morgan fingerprint density at radius 2 is 1.50 bits per heavy atom. The minimum Gasteiger partial charge on any atom is -0.356 e. The molecular formula is C12H24O4. The molecule has 0 radical (unpaired) electrons. The molecule has 0 bridgehead atoms. The van der Waals surface area contributed by atoms with E-state index in [9.17, 15) is 0 Å². The van der Waals surface area contributed by atoms with Crippen LogP contribution in [0.15, 0.2) is 12.2 Å². The molecular weight excluding hydrogens is 208 g/mol. The Bertz CT molecular complexity index is 162. The Morgan fingerprint density at radius 3 is 2.00 bits per heavy atom. The van der Waals surface area contributed by atoms with Crippen molar-refractivity contribution in [1.82, 2.24) is 0 Å². The lowest BCUT2D eigenvalue weighted by atomic mass is 10.2. The van der Waals surface area contributed by atoms with Gasteiger partial charge in [-0.1, -0.05) is 6.08 Å². The first-order valence-corrected chi connectivity index (χ1v) is 5.56. The number of unbranched alkanes of at least 4 members (excludes halogenated alkanes) is 2. The molecule has 0 fully saturated rings. The van der Waals surface area contributed by atoms with Crippen LogP contribution in [0.3, 0.4) is 0 Å². The summed E-state index contributed by atoms with van der Waals surface area (Å²) in [6.07, 6.45) is 7.83. The predicted molar refractivity (Wildman–Crippen MR) is 63.2 cm³/mol. The molecule has 0 atom stereocenters. The molecule has 0 heterocycles. The minimum absolute atomic E-state index is 0.0744. The zero-order chi connectivity index (χ0) is 12.2. The first-order valence-electron chi connectivity index (χ1n) is 5.56. The van der Waals surface area contributed by atoms with Gasteiger partial charge in [0.05, 0.1) is 0 Å². The third kappa shape index (κ3) is 7.82. The van der Waals surface area contributed by atoms with Gasteiger partial charge in [-0.3, -0.25) is 0 Å². The first kappa shape index (κ1) is 15.6. The molecule has 0 amide bonds. The quantitative estimate of drug-likeness (QED) is 0.329. The standard InChI is InChI=1S/C12H24O4/c1-13-11(14-2)9-7-5-6-8-10-12(15-3)16-4/h7,9,11-12H,5-6,8,10H2,1-4H3/b9-7+. The van der Waals surface area contributed by atoms with Crippen molar-refractivity contribution in [2.45, 2.75) is 38.3 Å².